The Kier molecular flexibility index (Phi) is 2.97. The van der Waals surface area contributed by atoms with E-state index in [2.05, 4.69) is 26.8 Å². The van der Waals surface area contributed by atoms with Gasteiger partial charge in [-0.3, -0.25) is 0 Å². The number of rotatable bonds is 2. The van der Waals surface area contributed by atoms with E-state index in [1.807, 2.05) is 12.4 Å². The van der Waals surface area contributed by atoms with E-state index in [1.54, 1.807) is 0 Å². The van der Waals surface area contributed by atoms with E-state index in [-0.39, 0.29) is 0 Å². The van der Waals surface area contributed by atoms with Crippen molar-refractivity contribution < 1.29 is 0 Å². The highest BCUT2D eigenvalue weighted by Gasteiger charge is 2.21. The predicted molar refractivity (Wildman–Crippen MR) is 68.3 cm³/mol. The molecular weight excluding hydrogens is 212 g/mol. The van der Waals surface area contributed by atoms with E-state index in [9.17, 15) is 0 Å². The maximum absolute atomic E-state index is 4.53. The van der Waals surface area contributed by atoms with Crippen molar-refractivity contribution in [2.75, 3.05) is 38.1 Å². The fraction of sp³-hybridized carbons (Fsp3) is 0.692. The molecule has 4 heteroatoms. The molecule has 0 atom stereocenters. The summed E-state index contributed by atoms with van der Waals surface area (Å²) < 4.78 is 0. The minimum Gasteiger partial charge on any atom is -0.338 e. The lowest BCUT2D eigenvalue weighted by Gasteiger charge is -2.32. The van der Waals surface area contributed by atoms with Gasteiger partial charge in [0.15, 0.2) is 0 Å². The summed E-state index contributed by atoms with van der Waals surface area (Å²) in [7, 11) is 2.16. The summed E-state index contributed by atoms with van der Waals surface area (Å²) >= 11 is 0. The number of piperazine rings is 1. The molecule has 4 nitrogen and oxygen atoms in total. The minimum atomic E-state index is 0.733. The Morgan fingerprint density at radius 2 is 1.71 bits per heavy atom. The van der Waals surface area contributed by atoms with Crippen molar-refractivity contribution >= 4 is 5.95 Å². The highest BCUT2D eigenvalue weighted by Crippen LogP contribution is 2.35. The van der Waals surface area contributed by atoms with Crippen molar-refractivity contribution in [1.29, 1.82) is 0 Å². The minimum absolute atomic E-state index is 0.733. The third kappa shape index (κ3) is 2.27. The van der Waals surface area contributed by atoms with Gasteiger partial charge in [-0.05, 0) is 31.4 Å². The lowest BCUT2D eigenvalue weighted by Crippen LogP contribution is -2.45. The molecule has 1 saturated carbocycles. The molecule has 1 aliphatic heterocycles. The van der Waals surface area contributed by atoms with Gasteiger partial charge in [0.1, 0.15) is 0 Å². The van der Waals surface area contributed by atoms with Crippen molar-refractivity contribution in [3.63, 3.8) is 0 Å². The van der Waals surface area contributed by atoms with Gasteiger partial charge in [-0.2, -0.15) is 0 Å². The second-order valence-electron chi connectivity index (χ2n) is 5.23. The molecule has 1 saturated heterocycles. The van der Waals surface area contributed by atoms with Crippen molar-refractivity contribution in [3.8, 4) is 0 Å². The number of hydrogen-bond acceptors (Lipinski definition) is 4. The topological polar surface area (TPSA) is 32.3 Å². The molecule has 0 spiro atoms. The number of hydrogen-bond donors (Lipinski definition) is 0. The van der Waals surface area contributed by atoms with E-state index in [4.69, 9.17) is 0 Å². The third-order valence-electron chi connectivity index (χ3n) is 4.02. The first-order valence-corrected chi connectivity index (χ1v) is 6.58. The Hall–Kier alpha value is -1.16. The van der Waals surface area contributed by atoms with E-state index in [0.29, 0.717) is 0 Å². The van der Waals surface area contributed by atoms with Gasteiger partial charge in [-0.1, -0.05) is 6.42 Å². The van der Waals surface area contributed by atoms with Crippen molar-refractivity contribution in [2.24, 2.45) is 0 Å². The molecule has 1 aliphatic carbocycles. The van der Waals surface area contributed by atoms with Crippen LogP contribution in [0.15, 0.2) is 12.4 Å². The van der Waals surface area contributed by atoms with E-state index >= 15 is 0 Å². The van der Waals surface area contributed by atoms with Crippen LogP contribution in [0.2, 0.25) is 0 Å². The molecule has 1 aromatic heterocycles. The Labute approximate surface area is 103 Å². The van der Waals surface area contributed by atoms with Crippen LogP contribution in [-0.4, -0.2) is 48.1 Å². The van der Waals surface area contributed by atoms with Gasteiger partial charge in [0.25, 0.3) is 0 Å². The molecule has 0 radical (unpaired) electrons. The average Bonchev–Trinajstić information content (AvgIpc) is 2.29. The quantitative estimate of drug-likeness (QED) is 0.773. The van der Waals surface area contributed by atoms with Gasteiger partial charge >= 0.3 is 0 Å². The van der Waals surface area contributed by atoms with Crippen molar-refractivity contribution in [3.05, 3.63) is 18.0 Å². The third-order valence-corrected chi connectivity index (χ3v) is 4.02. The van der Waals surface area contributed by atoms with Crippen LogP contribution in [0.25, 0.3) is 0 Å². The maximum Gasteiger partial charge on any atom is 0.225 e. The number of anilines is 1. The van der Waals surface area contributed by atoms with Crippen LogP contribution in [0.3, 0.4) is 0 Å². The summed E-state index contributed by atoms with van der Waals surface area (Å²) in [5.74, 6) is 1.64. The van der Waals surface area contributed by atoms with Gasteiger partial charge < -0.3 is 9.80 Å². The lowest BCUT2D eigenvalue weighted by molar-refractivity contribution is 0.311. The Balaban J connectivity index is 1.67. The van der Waals surface area contributed by atoms with Crippen LogP contribution < -0.4 is 4.90 Å². The number of aromatic nitrogens is 2. The van der Waals surface area contributed by atoms with Crippen molar-refractivity contribution in [1.82, 2.24) is 14.9 Å². The first-order valence-electron chi connectivity index (χ1n) is 6.58. The van der Waals surface area contributed by atoms with E-state index < -0.39 is 0 Å². The number of nitrogens with zero attached hydrogens (tertiary/aromatic N) is 4. The fourth-order valence-corrected chi connectivity index (χ4v) is 2.45. The highest BCUT2D eigenvalue weighted by atomic mass is 15.3. The van der Waals surface area contributed by atoms with Crippen LogP contribution in [-0.2, 0) is 0 Å². The molecule has 92 valence electrons. The second-order valence-corrected chi connectivity index (χ2v) is 5.23. The Morgan fingerprint density at radius 3 is 2.24 bits per heavy atom. The molecule has 0 bridgehead atoms. The van der Waals surface area contributed by atoms with Crippen LogP contribution in [0, 0.1) is 0 Å². The highest BCUT2D eigenvalue weighted by molar-refractivity contribution is 5.31. The molecule has 17 heavy (non-hydrogen) atoms. The maximum atomic E-state index is 4.53. The van der Waals surface area contributed by atoms with Gasteiger partial charge in [-0.25, -0.2) is 9.97 Å². The molecule has 3 rings (SSSR count). The van der Waals surface area contributed by atoms with Crippen LogP contribution in [0.1, 0.15) is 30.7 Å². The molecule has 2 aliphatic rings. The lowest BCUT2D eigenvalue weighted by atomic mass is 9.81. The van der Waals surface area contributed by atoms with Crippen LogP contribution in [0.4, 0.5) is 5.95 Å². The second kappa shape index (κ2) is 4.61. The van der Waals surface area contributed by atoms with E-state index in [1.165, 1.54) is 24.8 Å². The summed E-state index contributed by atoms with van der Waals surface area (Å²) in [6, 6.07) is 0. The first kappa shape index (κ1) is 11.0. The fourth-order valence-electron chi connectivity index (χ4n) is 2.45. The zero-order chi connectivity index (χ0) is 11.7. The van der Waals surface area contributed by atoms with E-state index in [0.717, 1.165) is 38.0 Å². The summed E-state index contributed by atoms with van der Waals surface area (Å²) in [5, 5.41) is 0. The Bertz CT molecular complexity index is 364. The molecule has 2 heterocycles. The molecule has 0 N–H and O–H groups in total. The molecule has 1 aromatic rings. The zero-order valence-electron chi connectivity index (χ0n) is 10.5. The number of likely N-dealkylation sites (N-methyl/N-ethyl adjacent to an activating group) is 1. The smallest absolute Gasteiger partial charge is 0.225 e. The molecule has 0 unspecified atom stereocenters. The normalized spacial score (nSPS) is 22.5. The molecule has 0 amide bonds. The largest absolute Gasteiger partial charge is 0.338 e. The average molecular weight is 232 g/mol. The predicted octanol–water partition coefficient (Wildman–Crippen LogP) is 1.50. The molecular formula is C13H20N4. The molecule has 2 fully saturated rings. The zero-order valence-corrected chi connectivity index (χ0v) is 10.5. The summed E-state index contributed by atoms with van der Waals surface area (Å²) in [6.07, 6.45) is 8.06. The first-order chi connectivity index (χ1) is 8.33. The van der Waals surface area contributed by atoms with Gasteiger partial charge in [0.05, 0.1) is 0 Å². The van der Waals surface area contributed by atoms with Crippen LogP contribution >= 0.6 is 0 Å². The Morgan fingerprint density at radius 1 is 1.06 bits per heavy atom. The van der Waals surface area contributed by atoms with Crippen molar-refractivity contribution in [2.45, 2.75) is 25.2 Å². The molecule has 0 aromatic carbocycles. The van der Waals surface area contributed by atoms with Gasteiger partial charge in [-0.15, -0.1) is 0 Å². The summed E-state index contributed by atoms with van der Waals surface area (Å²) in [5.41, 5.74) is 1.33. The van der Waals surface area contributed by atoms with Gasteiger partial charge in [0, 0.05) is 38.6 Å². The van der Waals surface area contributed by atoms with Crippen LogP contribution in [0.5, 0.6) is 0 Å². The monoisotopic (exact) mass is 232 g/mol. The SMILES string of the molecule is CN1CCN(c2ncc(C3CCC3)cn2)CC1. The van der Waals surface area contributed by atoms with Gasteiger partial charge in [0.2, 0.25) is 5.95 Å². The summed E-state index contributed by atoms with van der Waals surface area (Å²) in [4.78, 5) is 13.7. The standard InChI is InChI=1S/C13H20N4/c1-16-5-7-17(8-6-16)13-14-9-12(10-15-13)11-3-2-4-11/h9-11H,2-8H2,1H3. The summed E-state index contributed by atoms with van der Waals surface area (Å²) in [6.45, 7) is 4.29.